The van der Waals surface area contributed by atoms with E-state index in [9.17, 15) is 4.79 Å². The molecule has 0 radical (unpaired) electrons. The highest BCUT2D eigenvalue weighted by Crippen LogP contribution is 2.15. The first-order valence-corrected chi connectivity index (χ1v) is 5.76. The molecule has 1 aromatic rings. The van der Waals surface area contributed by atoms with Crippen molar-refractivity contribution in [2.45, 2.75) is 12.5 Å². The molecule has 1 aliphatic heterocycles. The van der Waals surface area contributed by atoms with E-state index in [1.165, 1.54) is 0 Å². The van der Waals surface area contributed by atoms with Crippen LogP contribution in [0.1, 0.15) is 12.5 Å². The van der Waals surface area contributed by atoms with Gasteiger partial charge in [0.1, 0.15) is 6.61 Å². The first-order valence-electron chi connectivity index (χ1n) is 5.76. The van der Waals surface area contributed by atoms with E-state index in [4.69, 9.17) is 10.00 Å². The van der Waals surface area contributed by atoms with Crippen molar-refractivity contribution >= 4 is 11.6 Å². The Hall–Kier alpha value is -1.90. The molecule has 0 bridgehead atoms. The summed E-state index contributed by atoms with van der Waals surface area (Å²) in [5.41, 5.74) is 0.898. The van der Waals surface area contributed by atoms with E-state index >= 15 is 0 Å². The molecule has 1 aromatic carbocycles. The Balaban J connectivity index is 1.85. The number of ether oxygens (including phenoxy) is 1. The monoisotopic (exact) mass is 245 g/mol. The van der Waals surface area contributed by atoms with Gasteiger partial charge in [-0.1, -0.05) is 6.07 Å². The highest BCUT2D eigenvalue weighted by molar-refractivity contribution is 5.91. The Morgan fingerprint density at radius 3 is 3.00 bits per heavy atom. The van der Waals surface area contributed by atoms with Gasteiger partial charge in [0.05, 0.1) is 17.2 Å². The summed E-state index contributed by atoms with van der Waals surface area (Å²) in [6.45, 7) is 3.52. The number of amides is 1. The minimum atomic E-state index is -0.230. The Bertz CT molecular complexity index is 489. The normalized spacial score (nSPS) is 16.4. The lowest BCUT2D eigenvalue weighted by Crippen LogP contribution is -2.59. The molecule has 18 heavy (non-hydrogen) atoms. The summed E-state index contributed by atoms with van der Waals surface area (Å²) in [6.07, 6.45) is 0. The average Bonchev–Trinajstić information content (AvgIpc) is 2.34. The molecule has 0 saturated carbocycles. The molecule has 0 spiro atoms. The minimum absolute atomic E-state index is 0.0228. The maximum Gasteiger partial charge on any atom is 0.250 e. The molecule has 1 fully saturated rings. The second-order valence-corrected chi connectivity index (χ2v) is 4.58. The predicted octanol–water partition coefficient (Wildman–Crippen LogP) is 0.875. The van der Waals surface area contributed by atoms with Gasteiger partial charge in [-0.2, -0.15) is 5.26 Å². The summed E-state index contributed by atoms with van der Waals surface area (Å²) in [6, 6.07) is 8.81. The van der Waals surface area contributed by atoms with Gasteiger partial charge in [0.25, 0.3) is 0 Å². The van der Waals surface area contributed by atoms with Gasteiger partial charge in [0, 0.05) is 18.8 Å². The molecule has 0 unspecified atom stereocenters. The molecule has 2 N–H and O–H groups in total. The van der Waals surface area contributed by atoms with Crippen molar-refractivity contribution in [2.75, 3.05) is 25.0 Å². The molecule has 5 nitrogen and oxygen atoms in total. The maximum absolute atomic E-state index is 11.7. The van der Waals surface area contributed by atoms with Gasteiger partial charge in [0.15, 0.2) is 0 Å². The van der Waals surface area contributed by atoms with Crippen LogP contribution >= 0.6 is 0 Å². The second kappa shape index (κ2) is 5.17. The smallest absolute Gasteiger partial charge is 0.250 e. The van der Waals surface area contributed by atoms with Crippen LogP contribution in [0, 0.1) is 11.3 Å². The van der Waals surface area contributed by atoms with Gasteiger partial charge in [-0.3, -0.25) is 4.79 Å². The van der Waals surface area contributed by atoms with Crippen molar-refractivity contribution in [1.29, 1.82) is 5.26 Å². The molecular formula is C13H15N3O2. The number of nitrogens with one attached hydrogen (secondary N) is 2. The van der Waals surface area contributed by atoms with Gasteiger partial charge < -0.3 is 15.4 Å². The molecule has 5 heteroatoms. The summed E-state index contributed by atoms with van der Waals surface area (Å²) in [4.78, 5) is 11.7. The largest absolute Gasteiger partial charge is 0.363 e. The van der Waals surface area contributed by atoms with Crippen LogP contribution in [0.5, 0.6) is 0 Å². The van der Waals surface area contributed by atoms with Crippen LogP contribution in [0.4, 0.5) is 5.69 Å². The topological polar surface area (TPSA) is 74.1 Å². The van der Waals surface area contributed by atoms with Crippen LogP contribution < -0.4 is 10.6 Å². The Labute approximate surface area is 106 Å². The van der Waals surface area contributed by atoms with Crippen LogP contribution in [0.25, 0.3) is 0 Å². The highest BCUT2D eigenvalue weighted by atomic mass is 16.5. The summed E-state index contributed by atoms with van der Waals surface area (Å²) in [5.74, 6) is -0.210. The predicted molar refractivity (Wildman–Crippen MR) is 67.0 cm³/mol. The summed E-state index contributed by atoms with van der Waals surface area (Å²) in [7, 11) is 0. The van der Waals surface area contributed by atoms with Crippen LogP contribution in [0.15, 0.2) is 24.3 Å². The second-order valence-electron chi connectivity index (χ2n) is 4.58. The standard InChI is InChI=1S/C13H15N3O2/c1-13(8-15-9-13)18-7-12(17)16-11-4-2-3-10(5-11)6-14/h2-5,15H,7-9H2,1H3,(H,16,17). The van der Waals surface area contributed by atoms with E-state index in [1.54, 1.807) is 24.3 Å². The molecule has 1 heterocycles. The number of nitrogens with zero attached hydrogens (tertiary/aromatic N) is 1. The zero-order valence-corrected chi connectivity index (χ0v) is 10.2. The Kier molecular flexibility index (Phi) is 3.60. The van der Waals surface area contributed by atoms with Crippen molar-refractivity contribution in [3.05, 3.63) is 29.8 Å². The van der Waals surface area contributed by atoms with Crippen molar-refractivity contribution in [2.24, 2.45) is 0 Å². The first-order chi connectivity index (χ1) is 8.61. The van der Waals surface area contributed by atoms with Crippen LogP contribution in [-0.2, 0) is 9.53 Å². The van der Waals surface area contributed by atoms with Gasteiger partial charge in [0.2, 0.25) is 5.91 Å². The van der Waals surface area contributed by atoms with E-state index < -0.39 is 0 Å². The lowest BCUT2D eigenvalue weighted by molar-refractivity contribution is -0.130. The third-order valence-corrected chi connectivity index (χ3v) is 2.83. The van der Waals surface area contributed by atoms with Gasteiger partial charge in [-0.15, -0.1) is 0 Å². The SMILES string of the molecule is CC1(OCC(=O)Nc2cccc(C#N)c2)CNC1. The molecule has 1 aliphatic rings. The molecule has 1 amide bonds. The molecule has 0 atom stereocenters. The number of hydrogen-bond acceptors (Lipinski definition) is 4. The number of anilines is 1. The van der Waals surface area contributed by atoms with E-state index in [0.717, 1.165) is 13.1 Å². The average molecular weight is 245 g/mol. The lowest BCUT2D eigenvalue weighted by atomic mass is 10.0. The van der Waals surface area contributed by atoms with Crippen LogP contribution in [0.3, 0.4) is 0 Å². The van der Waals surface area contributed by atoms with Crippen molar-refractivity contribution < 1.29 is 9.53 Å². The summed E-state index contributed by atoms with van der Waals surface area (Å²) < 4.78 is 5.52. The zero-order valence-electron chi connectivity index (χ0n) is 10.2. The molecule has 0 aliphatic carbocycles. The van der Waals surface area contributed by atoms with E-state index in [2.05, 4.69) is 10.6 Å². The fraction of sp³-hybridized carbons (Fsp3) is 0.385. The maximum atomic E-state index is 11.7. The third-order valence-electron chi connectivity index (χ3n) is 2.83. The minimum Gasteiger partial charge on any atom is -0.363 e. The van der Waals surface area contributed by atoms with Crippen molar-refractivity contribution in [1.82, 2.24) is 5.32 Å². The van der Waals surface area contributed by atoms with Crippen molar-refractivity contribution in [3.63, 3.8) is 0 Å². The molecule has 2 rings (SSSR count). The van der Waals surface area contributed by atoms with Gasteiger partial charge in [-0.05, 0) is 25.1 Å². The first kappa shape index (κ1) is 12.6. The van der Waals surface area contributed by atoms with E-state index in [-0.39, 0.29) is 18.1 Å². The van der Waals surface area contributed by atoms with Gasteiger partial charge >= 0.3 is 0 Å². The fourth-order valence-electron chi connectivity index (χ4n) is 1.68. The number of carbonyl (C=O) groups excluding carboxylic acids is 1. The van der Waals surface area contributed by atoms with E-state index in [0.29, 0.717) is 11.3 Å². The number of carbonyl (C=O) groups is 1. The quantitative estimate of drug-likeness (QED) is 0.825. The Morgan fingerprint density at radius 2 is 2.39 bits per heavy atom. The van der Waals surface area contributed by atoms with Crippen LogP contribution in [-0.4, -0.2) is 31.2 Å². The number of benzene rings is 1. The fourth-order valence-corrected chi connectivity index (χ4v) is 1.68. The number of nitriles is 1. The molecular weight excluding hydrogens is 230 g/mol. The Morgan fingerprint density at radius 1 is 1.61 bits per heavy atom. The van der Waals surface area contributed by atoms with Gasteiger partial charge in [-0.25, -0.2) is 0 Å². The lowest BCUT2D eigenvalue weighted by Gasteiger charge is -2.38. The molecule has 1 saturated heterocycles. The summed E-state index contributed by atoms with van der Waals surface area (Å²) >= 11 is 0. The van der Waals surface area contributed by atoms with Crippen LogP contribution in [0.2, 0.25) is 0 Å². The number of rotatable bonds is 4. The summed E-state index contributed by atoms with van der Waals surface area (Å²) in [5, 5.41) is 14.6. The number of hydrogen-bond donors (Lipinski definition) is 2. The molecule has 0 aromatic heterocycles. The van der Waals surface area contributed by atoms with E-state index in [1.807, 2.05) is 13.0 Å². The zero-order chi connectivity index (χ0) is 13.0. The third kappa shape index (κ3) is 3.06. The highest BCUT2D eigenvalue weighted by Gasteiger charge is 2.32. The molecule has 94 valence electrons. The van der Waals surface area contributed by atoms with Crippen molar-refractivity contribution in [3.8, 4) is 6.07 Å².